The van der Waals surface area contributed by atoms with Crippen molar-refractivity contribution in [2.24, 2.45) is 5.41 Å². The molecule has 352 valence electrons. The quantitative estimate of drug-likeness (QED) is 0.0276. The van der Waals surface area contributed by atoms with E-state index in [4.69, 9.17) is 33.2 Å². The third-order valence-corrected chi connectivity index (χ3v) is 9.50. The van der Waals surface area contributed by atoms with Crippen LogP contribution in [0.2, 0.25) is 0 Å². The van der Waals surface area contributed by atoms with Crippen molar-refractivity contribution in [1.29, 1.82) is 0 Å². The predicted molar refractivity (Wildman–Crippen MR) is 231 cm³/mol. The van der Waals surface area contributed by atoms with Crippen LogP contribution in [0.15, 0.2) is 0 Å². The zero-order chi connectivity index (χ0) is 45.0. The minimum Gasteiger partial charge on any atom is -0.460 e. The van der Waals surface area contributed by atoms with Gasteiger partial charge in [0.25, 0.3) is 0 Å². The lowest BCUT2D eigenvalue weighted by molar-refractivity contribution is -0.153. The van der Waals surface area contributed by atoms with Crippen molar-refractivity contribution >= 4 is 30.0 Å². The molecule has 4 unspecified atom stereocenters. The molecule has 0 aromatic heterocycles. The van der Waals surface area contributed by atoms with Crippen molar-refractivity contribution in [3.8, 4) is 0 Å². The van der Waals surface area contributed by atoms with Gasteiger partial charge in [-0.15, -0.1) is 0 Å². The lowest BCUT2D eigenvalue weighted by Crippen LogP contribution is -2.47. The van der Waals surface area contributed by atoms with Gasteiger partial charge in [0.05, 0.1) is 45.2 Å². The van der Waals surface area contributed by atoms with E-state index in [-0.39, 0.29) is 62.0 Å². The van der Waals surface area contributed by atoms with Gasteiger partial charge in [0.1, 0.15) is 24.2 Å². The first-order valence-electron chi connectivity index (χ1n) is 22.2. The molecule has 0 radical (unpaired) electrons. The molecule has 0 heterocycles. The maximum atomic E-state index is 12.4. The second-order valence-corrected chi connectivity index (χ2v) is 15.9. The summed E-state index contributed by atoms with van der Waals surface area (Å²) in [6, 6.07) is 0. The highest BCUT2D eigenvalue weighted by atomic mass is 16.6. The molecule has 17 nitrogen and oxygen atoms in total. The second-order valence-electron chi connectivity index (χ2n) is 15.9. The number of rotatable bonds is 38. The summed E-state index contributed by atoms with van der Waals surface area (Å²) in [7, 11) is 3.13. The zero-order valence-corrected chi connectivity index (χ0v) is 38.6. The fourth-order valence-corrected chi connectivity index (χ4v) is 5.72. The maximum absolute atomic E-state index is 12.4. The first-order valence-corrected chi connectivity index (χ1v) is 22.2. The van der Waals surface area contributed by atoms with Crippen LogP contribution in [0.25, 0.3) is 0 Å². The van der Waals surface area contributed by atoms with E-state index in [1.54, 1.807) is 34.8 Å². The van der Waals surface area contributed by atoms with E-state index in [1.165, 1.54) is 26.3 Å². The topological polar surface area (TPSA) is 201 Å². The van der Waals surface area contributed by atoms with Gasteiger partial charge in [-0.25, -0.2) is 9.59 Å². The van der Waals surface area contributed by atoms with Crippen molar-refractivity contribution in [3.63, 3.8) is 0 Å². The predicted octanol–water partition coefficient (Wildman–Crippen LogP) is 5.12. The molecule has 0 aliphatic rings. The fraction of sp³-hybridized carbons (Fsp3) is 0.884. The van der Waals surface area contributed by atoms with Gasteiger partial charge in [0.15, 0.2) is 0 Å². The van der Waals surface area contributed by atoms with E-state index in [0.29, 0.717) is 71.9 Å². The molecule has 0 saturated carbocycles. The molecule has 0 aromatic carbocycles. The minimum absolute atomic E-state index is 0.175. The normalized spacial score (nSPS) is 13.5. The number of hydrogen-bond donors (Lipinski definition) is 4. The maximum Gasteiger partial charge on any atom is 0.407 e. The molecule has 0 aliphatic carbocycles. The van der Waals surface area contributed by atoms with Crippen LogP contribution in [-0.4, -0.2) is 152 Å². The number of methoxy groups -OCH3 is 1. The van der Waals surface area contributed by atoms with Crippen LogP contribution in [-0.2, 0) is 47.5 Å². The molecular weight excluding hydrogens is 778 g/mol. The van der Waals surface area contributed by atoms with Gasteiger partial charge in [-0.05, 0) is 67.2 Å². The van der Waals surface area contributed by atoms with Crippen LogP contribution in [0.5, 0.6) is 0 Å². The molecule has 4 N–H and O–H groups in total. The van der Waals surface area contributed by atoms with Crippen molar-refractivity contribution < 1.29 is 57.1 Å². The second kappa shape index (κ2) is 36.4. The molecule has 4 atom stereocenters. The summed E-state index contributed by atoms with van der Waals surface area (Å²) < 4.78 is 38.7. The van der Waals surface area contributed by atoms with E-state index in [0.717, 1.165) is 44.9 Å². The Balaban J connectivity index is 3.94. The van der Waals surface area contributed by atoms with E-state index in [2.05, 4.69) is 33.1 Å². The lowest BCUT2D eigenvalue weighted by atomic mass is 9.91. The van der Waals surface area contributed by atoms with Crippen molar-refractivity contribution in [2.75, 3.05) is 93.1 Å². The lowest BCUT2D eigenvalue weighted by Gasteiger charge is -2.23. The summed E-state index contributed by atoms with van der Waals surface area (Å²) in [6.45, 7) is 18.1. The molecule has 0 fully saturated rings. The molecule has 0 bridgehead atoms. The average Bonchev–Trinajstić information content (AvgIpc) is 3.21. The minimum atomic E-state index is -1.15. The van der Waals surface area contributed by atoms with E-state index in [9.17, 15) is 24.0 Å². The Bertz CT molecular complexity index is 1150. The Hall–Kier alpha value is -3.25. The van der Waals surface area contributed by atoms with Gasteiger partial charge in [0.2, 0.25) is 11.8 Å². The van der Waals surface area contributed by atoms with Crippen molar-refractivity contribution in [2.45, 2.75) is 150 Å². The molecule has 4 amide bonds. The molecular formula is C43H83N5O12. The van der Waals surface area contributed by atoms with Crippen LogP contribution < -0.4 is 21.3 Å². The van der Waals surface area contributed by atoms with Gasteiger partial charge in [-0.2, -0.15) is 0 Å². The number of carbonyl (C=O) groups excluding carboxylic acids is 5. The number of unbranched alkanes of at least 4 members (excludes halogenated alkanes) is 8. The van der Waals surface area contributed by atoms with Crippen molar-refractivity contribution in [1.82, 2.24) is 26.2 Å². The number of ether oxygens (including phenoxy) is 7. The Labute approximate surface area is 361 Å². The van der Waals surface area contributed by atoms with Gasteiger partial charge in [-0.1, -0.05) is 51.9 Å². The van der Waals surface area contributed by atoms with E-state index in [1.807, 2.05) is 13.8 Å². The van der Waals surface area contributed by atoms with Crippen molar-refractivity contribution in [3.05, 3.63) is 0 Å². The third-order valence-electron chi connectivity index (χ3n) is 9.50. The summed E-state index contributed by atoms with van der Waals surface area (Å²) >= 11 is 0. The molecule has 0 saturated heterocycles. The SMILES string of the molecule is CCCCCCCNC(=O)OC(C)COCC(C)OCC(C)OCC(C)OC(=O)CCCCCCCNC(=O)OCCN(CCCNC(=O)C(C)(C)C(=O)NC)CCOC. The first-order chi connectivity index (χ1) is 28.7. The van der Waals surface area contributed by atoms with Crippen LogP contribution >= 0.6 is 0 Å². The monoisotopic (exact) mass is 862 g/mol. The first kappa shape index (κ1) is 56.8. The number of amides is 4. The Morgan fingerprint density at radius 3 is 1.77 bits per heavy atom. The summed E-state index contributed by atoms with van der Waals surface area (Å²) in [5.74, 6) is -0.925. The molecule has 0 aromatic rings. The molecule has 0 rings (SSSR count). The highest BCUT2D eigenvalue weighted by molar-refractivity contribution is 6.04. The van der Waals surface area contributed by atoms with Gasteiger partial charge in [0, 0.05) is 59.8 Å². The van der Waals surface area contributed by atoms with Crippen LogP contribution in [0.1, 0.15) is 126 Å². The summed E-state index contributed by atoms with van der Waals surface area (Å²) in [5.41, 5.74) is -1.15. The average molecular weight is 862 g/mol. The van der Waals surface area contributed by atoms with Gasteiger partial charge < -0.3 is 54.4 Å². The van der Waals surface area contributed by atoms with Crippen LogP contribution in [0.4, 0.5) is 9.59 Å². The smallest absolute Gasteiger partial charge is 0.407 e. The summed E-state index contributed by atoms with van der Waals surface area (Å²) in [4.78, 5) is 62.8. The number of carbonyl (C=O) groups is 5. The Morgan fingerprint density at radius 1 is 0.583 bits per heavy atom. The van der Waals surface area contributed by atoms with Gasteiger partial charge in [-0.3, -0.25) is 19.3 Å². The van der Waals surface area contributed by atoms with E-state index < -0.39 is 17.6 Å². The van der Waals surface area contributed by atoms with Crippen LogP contribution in [0.3, 0.4) is 0 Å². The molecule has 0 aliphatic heterocycles. The van der Waals surface area contributed by atoms with Gasteiger partial charge >= 0.3 is 18.2 Å². The van der Waals surface area contributed by atoms with E-state index >= 15 is 0 Å². The third kappa shape index (κ3) is 31.6. The number of esters is 1. The standard InChI is InChI=1S/C43H83N5O12/c1-10-11-12-15-18-23-47-42(53)60-36(4)31-55-30-34(2)57-32-35(3)58-33-37(5)59-38(49)21-17-14-13-16-19-22-46-41(52)56-29-27-48(26-28-54-9)25-20-24-45-40(51)43(6,7)39(50)44-8/h34-37H,10-33H2,1-9H3,(H,44,50)(H,45,51)(H,46,52)(H,47,53). The highest BCUT2D eigenvalue weighted by Gasteiger charge is 2.34. The number of hydrogen-bond acceptors (Lipinski definition) is 13. The largest absolute Gasteiger partial charge is 0.460 e. The molecule has 0 spiro atoms. The number of nitrogens with zero attached hydrogens (tertiary/aromatic N) is 1. The summed E-state index contributed by atoms with van der Waals surface area (Å²) in [6.07, 6.45) is 8.89. The Morgan fingerprint density at radius 2 is 1.12 bits per heavy atom. The number of nitrogens with one attached hydrogen (secondary N) is 4. The molecule has 17 heteroatoms. The Kier molecular flexibility index (Phi) is 34.4. The fourth-order valence-electron chi connectivity index (χ4n) is 5.72. The summed E-state index contributed by atoms with van der Waals surface area (Å²) in [5, 5.41) is 10.9. The molecule has 60 heavy (non-hydrogen) atoms. The zero-order valence-electron chi connectivity index (χ0n) is 38.6. The van der Waals surface area contributed by atoms with Crippen LogP contribution in [0, 0.1) is 5.41 Å². The highest BCUT2D eigenvalue weighted by Crippen LogP contribution is 2.15. The number of alkyl carbamates (subject to hydrolysis) is 2.